The SMILES string of the molecule is C=CC(=O)NC1CCCCC1Nc1cc(Nc2c(N[C@H](C)c3ccccc3)c(=O)c2=O)ccn1. The molecular weight excluding hydrogens is 430 g/mol. The molecule has 0 bridgehead atoms. The van der Waals surface area contributed by atoms with Crippen molar-refractivity contribution < 1.29 is 4.79 Å². The van der Waals surface area contributed by atoms with Crippen molar-refractivity contribution in [2.75, 3.05) is 16.0 Å². The van der Waals surface area contributed by atoms with Crippen LogP contribution in [0.3, 0.4) is 0 Å². The van der Waals surface area contributed by atoms with Crippen molar-refractivity contribution in [2.24, 2.45) is 0 Å². The highest BCUT2D eigenvalue weighted by molar-refractivity contribution is 5.87. The molecule has 8 heteroatoms. The maximum atomic E-state index is 12.3. The Balaban J connectivity index is 1.46. The molecule has 1 aliphatic rings. The van der Waals surface area contributed by atoms with Crippen LogP contribution >= 0.6 is 0 Å². The lowest BCUT2D eigenvalue weighted by Crippen LogP contribution is -2.48. The van der Waals surface area contributed by atoms with E-state index in [-0.39, 0.29) is 35.4 Å². The van der Waals surface area contributed by atoms with Gasteiger partial charge in [-0.05, 0) is 37.5 Å². The highest BCUT2D eigenvalue weighted by Gasteiger charge is 2.27. The largest absolute Gasteiger partial charge is 0.373 e. The molecule has 8 nitrogen and oxygen atoms in total. The summed E-state index contributed by atoms with van der Waals surface area (Å²) in [6.45, 7) is 5.47. The number of nitrogens with zero attached hydrogens (tertiary/aromatic N) is 1. The summed E-state index contributed by atoms with van der Waals surface area (Å²) in [5, 5.41) is 12.6. The van der Waals surface area contributed by atoms with Gasteiger partial charge in [-0.3, -0.25) is 14.4 Å². The number of carbonyl (C=O) groups is 1. The number of amides is 1. The zero-order valence-electron chi connectivity index (χ0n) is 19.1. The molecule has 0 radical (unpaired) electrons. The molecule has 4 rings (SSSR count). The molecule has 0 spiro atoms. The predicted octanol–water partition coefficient (Wildman–Crippen LogP) is 3.62. The van der Waals surface area contributed by atoms with Crippen LogP contribution in [0.25, 0.3) is 0 Å². The molecule has 34 heavy (non-hydrogen) atoms. The van der Waals surface area contributed by atoms with Crippen molar-refractivity contribution >= 4 is 28.8 Å². The van der Waals surface area contributed by atoms with E-state index in [2.05, 4.69) is 32.8 Å². The molecule has 0 aliphatic heterocycles. The first kappa shape index (κ1) is 23.2. The highest BCUT2D eigenvalue weighted by Crippen LogP contribution is 2.27. The number of carbonyl (C=O) groups excluding carboxylic acids is 1. The standard InChI is InChI=1S/C26H29N5O3/c1-3-22(32)31-20-12-8-7-11-19(20)30-21-15-18(13-14-27-21)29-24-23(25(33)26(24)34)28-16(2)17-9-5-4-6-10-17/h3-6,9-10,13-16,19-20,28H,1,7-8,11-12H2,2H3,(H,31,32)(H2,27,29,30)/t16-,19?,20?/m1/s1. The molecule has 1 aromatic heterocycles. The monoisotopic (exact) mass is 459 g/mol. The van der Waals surface area contributed by atoms with E-state index in [1.807, 2.05) is 37.3 Å². The number of benzene rings is 1. The summed E-state index contributed by atoms with van der Waals surface area (Å²) in [6.07, 6.45) is 6.82. The van der Waals surface area contributed by atoms with Gasteiger partial charge in [0.2, 0.25) is 5.91 Å². The highest BCUT2D eigenvalue weighted by atomic mass is 16.2. The van der Waals surface area contributed by atoms with Crippen LogP contribution in [0, 0.1) is 0 Å². The smallest absolute Gasteiger partial charge is 0.253 e. The molecule has 4 N–H and O–H groups in total. The molecular formula is C26H29N5O3. The van der Waals surface area contributed by atoms with E-state index in [1.165, 1.54) is 6.08 Å². The number of rotatable bonds is 9. The molecule has 1 amide bonds. The fourth-order valence-corrected chi connectivity index (χ4v) is 4.33. The number of hydrogen-bond acceptors (Lipinski definition) is 7. The van der Waals surface area contributed by atoms with E-state index in [1.54, 1.807) is 18.3 Å². The third-order valence-corrected chi connectivity index (χ3v) is 6.21. The van der Waals surface area contributed by atoms with E-state index in [0.29, 0.717) is 11.5 Å². The van der Waals surface area contributed by atoms with E-state index in [0.717, 1.165) is 31.2 Å². The van der Waals surface area contributed by atoms with E-state index >= 15 is 0 Å². The second kappa shape index (κ2) is 10.3. The van der Waals surface area contributed by atoms with Gasteiger partial charge >= 0.3 is 0 Å². The molecule has 1 heterocycles. The van der Waals surface area contributed by atoms with Gasteiger partial charge in [0.05, 0.1) is 0 Å². The summed E-state index contributed by atoms with van der Waals surface area (Å²) in [7, 11) is 0. The van der Waals surface area contributed by atoms with Crippen LogP contribution in [0.5, 0.6) is 0 Å². The van der Waals surface area contributed by atoms with Gasteiger partial charge in [0, 0.05) is 36.1 Å². The lowest BCUT2D eigenvalue weighted by molar-refractivity contribution is -0.117. The number of pyridine rings is 1. The zero-order valence-corrected chi connectivity index (χ0v) is 19.1. The summed E-state index contributed by atoms with van der Waals surface area (Å²) < 4.78 is 0. The molecule has 1 saturated carbocycles. The Bertz CT molecular complexity index is 1230. The Morgan fingerprint density at radius 2 is 1.76 bits per heavy atom. The summed E-state index contributed by atoms with van der Waals surface area (Å²) in [5.41, 5.74) is 1.12. The Kier molecular flexibility index (Phi) is 7.06. The van der Waals surface area contributed by atoms with Crippen LogP contribution in [-0.2, 0) is 4.79 Å². The number of anilines is 4. The first-order valence-corrected chi connectivity index (χ1v) is 11.5. The molecule has 1 aliphatic carbocycles. The zero-order chi connectivity index (χ0) is 24.1. The Morgan fingerprint density at radius 1 is 1.06 bits per heavy atom. The van der Waals surface area contributed by atoms with Crippen molar-refractivity contribution in [3.05, 3.63) is 87.3 Å². The molecule has 1 fully saturated rings. The molecule has 2 unspecified atom stereocenters. The van der Waals surface area contributed by atoms with Crippen LogP contribution < -0.4 is 32.1 Å². The van der Waals surface area contributed by atoms with E-state index in [9.17, 15) is 14.4 Å². The van der Waals surface area contributed by atoms with E-state index < -0.39 is 10.9 Å². The quantitative estimate of drug-likeness (QED) is 0.286. The van der Waals surface area contributed by atoms with Gasteiger partial charge in [-0.25, -0.2) is 4.98 Å². The van der Waals surface area contributed by atoms with Crippen molar-refractivity contribution in [1.29, 1.82) is 0 Å². The van der Waals surface area contributed by atoms with Gasteiger partial charge in [-0.2, -0.15) is 0 Å². The summed E-state index contributed by atoms with van der Waals surface area (Å²) in [5.74, 6) is 0.438. The predicted molar refractivity (Wildman–Crippen MR) is 135 cm³/mol. The Morgan fingerprint density at radius 3 is 2.50 bits per heavy atom. The maximum Gasteiger partial charge on any atom is 0.253 e. The number of hydrogen-bond donors (Lipinski definition) is 4. The van der Waals surface area contributed by atoms with Crippen molar-refractivity contribution in [1.82, 2.24) is 10.3 Å². The van der Waals surface area contributed by atoms with E-state index in [4.69, 9.17) is 0 Å². The van der Waals surface area contributed by atoms with Gasteiger partial charge in [0.1, 0.15) is 17.2 Å². The van der Waals surface area contributed by atoms with Crippen LogP contribution in [0.15, 0.2) is 70.9 Å². The number of aromatic nitrogens is 1. The second-order valence-electron chi connectivity index (χ2n) is 8.59. The minimum absolute atomic E-state index is 0.0125. The van der Waals surface area contributed by atoms with Crippen LogP contribution in [0.1, 0.15) is 44.2 Å². The molecule has 176 valence electrons. The summed E-state index contributed by atoms with van der Waals surface area (Å²) in [4.78, 5) is 40.7. The number of nitrogens with one attached hydrogen (secondary N) is 4. The first-order chi connectivity index (χ1) is 16.5. The fourth-order valence-electron chi connectivity index (χ4n) is 4.33. The lowest BCUT2D eigenvalue weighted by atomic mass is 9.90. The van der Waals surface area contributed by atoms with Gasteiger partial charge in [-0.1, -0.05) is 49.8 Å². The van der Waals surface area contributed by atoms with Crippen molar-refractivity contribution in [2.45, 2.75) is 50.7 Å². The molecule has 3 atom stereocenters. The molecule has 0 saturated heterocycles. The fraction of sp³-hybridized carbons (Fsp3) is 0.308. The average molecular weight is 460 g/mol. The average Bonchev–Trinajstić information content (AvgIpc) is 2.87. The van der Waals surface area contributed by atoms with Crippen LogP contribution in [-0.4, -0.2) is 23.0 Å². The van der Waals surface area contributed by atoms with Crippen molar-refractivity contribution in [3.8, 4) is 0 Å². The summed E-state index contributed by atoms with van der Waals surface area (Å²) >= 11 is 0. The Hall–Kier alpha value is -3.94. The molecule has 3 aromatic rings. The first-order valence-electron chi connectivity index (χ1n) is 11.5. The van der Waals surface area contributed by atoms with Crippen molar-refractivity contribution in [3.63, 3.8) is 0 Å². The second-order valence-corrected chi connectivity index (χ2v) is 8.59. The minimum Gasteiger partial charge on any atom is -0.373 e. The van der Waals surface area contributed by atoms with Crippen LogP contribution in [0.4, 0.5) is 22.9 Å². The minimum atomic E-state index is -0.548. The molecule has 2 aromatic carbocycles. The van der Waals surface area contributed by atoms with Gasteiger partial charge in [-0.15, -0.1) is 0 Å². The third-order valence-electron chi connectivity index (χ3n) is 6.21. The Labute approximate surface area is 198 Å². The maximum absolute atomic E-state index is 12.3. The van der Waals surface area contributed by atoms with Gasteiger partial charge in [0.25, 0.3) is 10.9 Å². The lowest BCUT2D eigenvalue weighted by Gasteiger charge is -2.33. The third kappa shape index (κ3) is 5.17. The van der Waals surface area contributed by atoms with Crippen LogP contribution in [0.2, 0.25) is 0 Å². The van der Waals surface area contributed by atoms with Gasteiger partial charge < -0.3 is 21.3 Å². The topological polar surface area (TPSA) is 112 Å². The summed E-state index contributed by atoms with van der Waals surface area (Å²) in [6, 6.07) is 13.1. The normalized spacial score (nSPS) is 18.6. The van der Waals surface area contributed by atoms with Gasteiger partial charge in [0.15, 0.2) is 0 Å².